The van der Waals surface area contributed by atoms with Crippen molar-refractivity contribution in [1.29, 1.82) is 0 Å². The van der Waals surface area contributed by atoms with Crippen LogP contribution in [-0.2, 0) is 11.4 Å². The van der Waals surface area contributed by atoms with Gasteiger partial charge < -0.3 is 15.5 Å². The third-order valence-electron chi connectivity index (χ3n) is 2.02. The molecule has 0 fully saturated rings. The Morgan fingerprint density at radius 3 is 2.31 bits per heavy atom. The molecular weight excluding hydrogens is 210 g/mol. The van der Waals surface area contributed by atoms with Gasteiger partial charge in [-0.3, -0.25) is 9.59 Å². The van der Waals surface area contributed by atoms with Crippen LogP contribution in [0.1, 0.15) is 22.3 Å². The number of rotatable bonds is 5. The summed E-state index contributed by atoms with van der Waals surface area (Å²) < 4.78 is 0. The molecule has 0 unspecified atom stereocenters. The topological polar surface area (TPSA) is 86.6 Å². The number of aliphatic carboxylic acids is 1. The molecule has 0 saturated heterocycles. The lowest BCUT2D eigenvalue weighted by Crippen LogP contribution is -2.25. The fraction of sp³-hybridized carbons (Fsp3) is 0.273. The molecule has 0 heterocycles. The molecule has 3 N–H and O–H groups in total. The van der Waals surface area contributed by atoms with Gasteiger partial charge in [0.05, 0.1) is 13.0 Å². The highest BCUT2D eigenvalue weighted by Gasteiger charge is 2.05. The first-order valence-electron chi connectivity index (χ1n) is 4.83. The van der Waals surface area contributed by atoms with Gasteiger partial charge >= 0.3 is 5.97 Å². The predicted octanol–water partition coefficient (Wildman–Crippen LogP) is 0.383. The van der Waals surface area contributed by atoms with Crippen molar-refractivity contribution in [1.82, 2.24) is 5.32 Å². The van der Waals surface area contributed by atoms with Gasteiger partial charge in [-0.1, -0.05) is 12.1 Å². The lowest BCUT2D eigenvalue weighted by atomic mass is 10.1. The number of carboxylic acids is 1. The molecule has 5 nitrogen and oxygen atoms in total. The zero-order valence-electron chi connectivity index (χ0n) is 8.64. The van der Waals surface area contributed by atoms with E-state index in [0.29, 0.717) is 5.56 Å². The molecule has 16 heavy (non-hydrogen) atoms. The number of amides is 1. The minimum Gasteiger partial charge on any atom is -0.481 e. The first kappa shape index (κ1) is 12.2. The van der Waals surface area contributed by atoms with Gasteiger partial charge in [-0.2, -0.15) is 0 Å². The number of carbonyl (C=O) groups is 2. The van der Waals surface area contributed by atoms with E-state index in [2.05, 4.69) is 5.32 Å². The highest BCUT2D eigenvalue weighted by molar-refractivity contribution is 5.94. The van der Waals surface area contributed by atoms with E-state index in [-0.39, 0.29) is 25.5 Å². The first-order valence-corrected chi connectivity index (χ1v) is 4.83. The Labute approximate surface area is 92.7 Å². The summed E-state index contributed by atoms with van der Waals surface area (Å²) >= 11 is 0. The van der Waals surface area contributed by atoms with Gasteiger partial charge in [0.2, 0.25) is 0 Å². The largest absolute Gasteiger partial charge is 0.481 e. The van der Waals surface area contributed by atoms with Crippen LogP contribution in [0.2, 0.25) is 0 Å². The number of nitrogens with one attached hydrogen (secondary N) is 1. The van der Waals surface area contributed by atoms with Crippen molar-refractivity contribution in [3.63, 3.8) is 0 Å². The van der Waals surface area contributed by atoms with Crippen LogP contribution in [-0.4, -0.2) is 28.6 Å². The molecule has 1 amide bonds. The Balaban J connectivity index is 2.49. The van der Waals surface area contributed by atoms with Gasteiger partial charge in [-0.15, -0.1) is 0 Å². The van der Waals surface area contributed by atoms with E-state index in [1.165, 1.54) is 0 Å². The summed E-state index contributed by atoms with van der Waals surface area (Å²) in [7, 11) is 0. The standard InChI is InChI=1S/C11H13NO4/c13-7-8-1-3-9(4-2-8)11(16)12-6-5-10(14)15/h1-4,13H,5-7H2,(H,12,16)(H,14,15). The molecule has 0 saturated carbocycles. The van der Waals surface area contributed by atoms with Crippen LogP contribution in [0.5, 0.6) is 0 Å². The zero-order chi connectivity index (χ0) is 12.0. The summed E-state index contributed by atoms with van der Waals surface area (Å²) in [4.78, 5) is 21.7. The van der Waals surface area contributed by atoms with Crippen LogP contribution >= 0.6 is 0 Å². The Bertz CT molecular complexity index is 372. The second-order valence-corrected chi connectivity index (χ2v) is 3.25. The monoisotopic (exact) mass is 223 g/mol. The molecular formula is C11H13NO4. The number of benzene rings is 1. The predicted molar refractivity (Wildman–Crippen MR) is 57.0 cm³/mol. The quantitative estimate of drug-likeness (QED) is 0.673. The number of aliphatic hydroxyl groups is 1. The van der Waals surface area contributed by atoms with Crippen molar-refractivity contribution < 1.29 is 19.8 Å². The van der Waals surface area contributed by atoms with Gasteiger partial charge in [0.15, 0.2) is 0 Å². The maximum absolute atomic E-state index is 11.5. The molecule has 1 aromatic carbocycles. The number of carbonyl (C=O) groups excluding carboxylic acids is 1. The van der Waals surface area contributed by atoms with Gasteiger partial charge in [-0.25, -0.2) is 0 Å². The van der Waals surface area contributed by atoms with E-state index >= 15 is 0 Å². The van der Waals surface area contributed by atoms with Crippen molar-refractivity contribution in [2.75, 3.05) is 6.54 Å². The summed E-state index contributed by atoms with van der Waals surface area (Å²) in [6.07, 6.45) is -0.0968. The Kier molecular flexibility index (Phi) is 4.47. The highest BCUT2D eigenvalue weighted by Crippen LogP contribution is 2.04. The number of hydrogen-bond acceptors (Lipinski definition) is 3. The van der Waals surface area contributed by atoms with Crippen molar-refractivity contribution >= 4 is 11.9 Å². The summed E-state index contributed by atoms with van der Waals surface area (Å²) in [5.74, 6) is -1.26. The average Bonchev–Trinajstić information content (AvgIpc) is 2.28. The average molecular weight is 223 g/mol. The Hall–Kier alpha value is -1.88. The fourth-order valence-electron chi connectivity index (χ4n) is 1.15. The molecule has 0 aliphatic rings. The molecule has 0 aliphatic carbocycles. The van der Waals surface area contributed by atoms with Gasteiger partial charge in [-0.05, 0) is 17.7 Å². The summed E-state index contributed by atoms with van der Waals surface area (Å²) in [5, 5.41) is 19.7. The molecule has 0 aliphatic heterocycles. The van der Waals surface area contributed by atoms with Gasteiger partial charge in [0, 0.05) is 12.1 Å². The van der Waals surface area contributed by atoms with Crippen molar-refractivity contribution in [2.24, 2.45) is 0 Å². The van der Waals surface area contributed by atoms with Crippen LogP contribution in [0.15, 0.2) is 24.3 Å². The maximum Gasteiger partial charge on any atom is 0.305 e. The van der Waals surface area contributed by atoms with E-state index in [0.717, 1.165) is 5.56 Å². The number of carboxylic acid groups (broad SMARTS) is 1. The summed E-state index contributed by atoms with van der Waals surface area (Å²) in [6.45, 7) is 0.0385. The smallest absolute Gasteiger partial charge is 0.305 e. The highest BCUT2D eigenvalue weighted by atomic mass is 16.4. The zero-order valence-corrected chi connectivity index (χ0v) is 8.64. The third kappa shape index (κ3) is 3.70. The first-order chi connectivity index (χ1) is 7.63. The molecule has 5 heteroatoms. The maximum atomic E-state index is 11.5. The van der Waals surface area contributed by atoms with Crippen LogP contribution in [0.3, 0.4) is 0 Å². The van der Waals surface area contributed by atoms with Crippen molar-refractivity contribution in [2.45, 2.75) is 13.0 Å². The second kappa shape index (κ2) is 5.87. The SMILES string of the molecule is O=C(O)CCNC(=O)c1ccc(CO)cc1. The number of hydrogen-bond donors (Lipinski definition) is 3. The molecule has 0 atom stereocenters. The van der Waals surface area contributed by atoms with Gasteiger partial charge in [0.1, 0.15) is 0 Å². The van der Waals surface area contributed by atoms with E-state index in [1.807, 2.05) is 0 Å². The van der Waals surface area contributed by atoms with E-state index < -0.39 is 5.97 Å². The summed E-state index contributed by atoms with van der Waals surface area (Å²) in [6, 6.07) is 6.46. The minimum absolute atomic E-state index is 0.0685. The number of aliphatic hydroxyl groups excluding tert-OH is 1. The molecule has 0 aromatic heterocycles. The van der Waals surface area contributed by atoms with Crippen LogP contribution < -0.4 is 5.32 Å². The Morgan fingerprint density at radius 1 is 1.19 bits per heavy atom. The normalized spacial score (nSPS) is 9.81. The Morgan fingerprint density at radius 2 is 1.81 bits per heavy atom. The lowest BCUT2D eigenvalue weighted by molar-refractivity contribution is -0.136. The van der Waals surface area contributed by atoms with E-state index in [1.54, 1.807) is 24.3 Å². The summed E-state index contributed by atoms with van der Waals surface area (Å²) in [5.41, 5.74) is 1.17. The van der Waals surface area contributed by atoms with E-state index in [4.69, 9.17) is 10.2 Å². The molecule has 1 rings (SSSR count). The lowest BCUT2D eigenvalue weighted by Gasteiger charge is -2.04. The molecule has 0 bridgehead atoms. The second-order valence-electron chi connectivity index (χ2n) is 3.25. The minimum atomic E-state index is -0.948. The fourth-order valence-corrected chi connectivity index (χ4v) is 1.15. The van der Waals surface area contributed by atoms with Gasteiger partial charge in [0.25, 0.3) is 5.91 Å². The third-order valence-corrected chi connectivity index (χ3v) is 2.02. The van der Waals surface area contributed by atoms with Crippen molar-refractivity contribution in [3.05, 3.63) is 35.4 Å². The van der Waals surface area contributed by atoms with E-state index in [9.17, 15) is 9.59 Å². The van der Waals surface area contributed by atoms with Crippen LogP contribution in [0.25, 0.3) is 0 Å². The molecule has 1 aromatic rings. The molecule has 0 spiro atoms. The molecule has 86 valence electrons. The molecule has 0 radical (unpaired) electrons. The van der Waals surface area contributed by atoms with Crippen LogP contribution in [0.4, 0.5) is 0 Å². The van der Waals surface area contributed by atoms with Crippen LogP contribution in [0, 0.1) is 0 Å². The van der Waals surface area contributed by atoms with Crippen molar-refractivity contribution in [3.8, 4) is 0 Å².